The Morgan fingerprint density at radius 1 is 1.62 bits per heavy atom. The van der Waals surface area contributed by atoms with Gasteiger partial charge in [0, 0.05) is 14.7 Å². The predicted molar refractivity (Wildman–Crippen MR) is 61.0 cm³/mol. The van der Waals surface area contributed by atoms with Crippen molar-refractivity contribution >= 4 is 22.6 Å². The average molecular weight is 289 g/mol. The Bertz CT molecular complexity index is 338. The highest BCUT2D eigenvalue weighted by molar-refractivity contribution is 14.1. The fraction of sp³-hybridized carbons (Fsp3) is 0.400. The maximum Gasteiger partial charge on any atom is 0.128 e. The van der Waals surface area contributed by atoms with Crippen molar-refractivity contribution in [2.75, 3.05) is 6.61 Å². The van der Waals surface area contributed by atoms with Gasteiger partial charge < -0.3 is 10.5 Å². The van der Waals surface area contributed by atoms with E-state index < -0.39 is 0 Å². The quantitative estimate of drug-likeness (QED) is 0.805. The molecule has 0 aromatic heterocycles. The Morgan fingerprint density at radius 3 is 3.08 bits per heavy atom. The van der Waals surface area contributed by atoms with Crippen LogP contribution in [-0.4, -0.2) is 6.61 Å². The van der Waals surface area contributed by atoms with E-state index in [2.05, 4.69) is 41.6 Å². The number of rotatable bonds is 1. The first-order chi connectivity index (χ1) is 6.24. The van der Waals surface area contributed by atoms with E-state index in [4.69, 9.17) is 10.5 Å². The molecule has 0 radical (unpaired) electrons. The molecule has 1 aromatic rings. The fourth-order valence-electron chi connectivity index (χ4n) is 1.68. The van der Waals surface area contributed by atoms with E-state index >= 15 is 0 Å². The van der Waals surface area contributed by atoms with Crippen LogP contribution in [0.25, 0.3) is 0 Å². The molecule has 1 aliphatic rings. The van der Waals surface area contributed by atoms with Gasteiger partial charge >= 0.3 is 0 Å². The molecule has 0 amide bonds. The van der Waals surface area contributed by atoms with Gasteiger partial charge in [0.2, 0.25) is 0 Å². The third-order valence-corrected chi connectivity index (χ3v) is 3.40. The predicted octanol–water partition coefficient (Wildman–Crippen LogP) is 2.25. The largest absolute Gasteiger partial charge is 0.491 e. The highest BCUT2D eigenvalue weighted by Gasteiger charge is 2.23. The van der Waals surface area contributed by atoms with E-state index in [0.29, 0.717) is 6.61 Å². The van der Waals surface area contributed by atoms with E-state index in [0.717, 1.165) is 17.7 Å². The van der Waals surface area contributed by atoms with Crippen molar-refractivity contribution in [3.05, 3.63) is 26.8 Å². The first-order valence-corrected chi connectivity index (χ1v) is 5.51. The van der Waals surface area contributed by atoms with Crippen LogP contribution in [0.2, 0.25) is 0 Å². The van der Waals surface area contributed by atoms with E-state index in [1.807, 2.05) is 0 Å². The summed E-state index contributed by atoms with van der Waals surface area (Å²) in [6, 6.07) is 4.26. The van der Waals surface area contributed by atoms with Gasteiger partial charge in [-0.15, -0.1) is 0 Å². The van der Waals surface area contributed by atoms with Gasteiger partial charge in [-0.2, -0.15) is 0 Å². The molecule has 1 aliphatic heterocycles. The number of ether oxygens (including phenoxy) is 1. The lowest BCUT2D eigenvalue weighted by atomic mass is 10.0. The van der Waals surface area contributed by atoms with Crippen molar-refractivity contribution in [3.8, 4) is 5.75 Å². The van der Waals surface area contributed by atoms with Crippen LogP contribution in [-0.2, 0) is 6.42 Å². The second kappa shape index (κ2) is 3.46. The molecule has 2 nitrogen and oxygen atoms in total. The van der Waals surface area contributed by atoms with E-state index in [1.54, 1.807) is 0 Å². The van der Waals surface area contributed by atoms with Gasteiger partial charge in [-0.05, 0) is 35.1 Å². The van der Waals surface area contributed by atoms with Crippen LogP contribution < -0.4 is 10.5 Å². The monoisotopic (exact) mass is 289 g/mol. The average Bonchev–Trinajstić information content (AvgIpc) is 2.48. The number of benzene rings is 1. The third kappa shape index (κ3) is 1.44. The highest BCUT2D eigenvalue weighted by Crippen LogP contribution is 2.36. The molecule has 0 unspecified atom stereocenters. The normalized spacial score (nSPS) is 19.8. The van der Waals surface area contributed by atoms with Crippen LogP contribution in [0, 0.1) is 3.57 Å². The van der Waals surface area contributed by atoms with Crippen LogP contribution >= 0.6 is 22.6 Å². The molecule has 1 atom stereocenters. The van der Waals surface area contributed by atoms with E-state index in [-0.39, 0.29) is 6.04 Å². The second-order valence-corrected chi connectivity index (χ2v) is 4.38. The first kappa shape index (κ1) is 9.27. The summed E-state index contributed by atoms with van der Waals surface area (Å²) in [7, 11) is 0. The molecule has 2 rings (SSSR count). The zero-order valence-electron chi connectivity index (χ0n) is 7.51. The Kier molecular flexibility index (Phi) is 2.47. The number of fused-ring (bicyclic) bond motifs is 1. The summed E-state index contributed by atoms with van der Waals surface area (Å²) in [5.41, 5.74) is 8.35. The summed E-state index contributed by atoms with van der Waals surface area (Å²) in [4.78, 5) is 0. The van der Waals surface area contributed by atoms with Crippen molar-refractivity contribution in [2.24, 2.45) is 5.73 Å². The zero-order chi connectivity index (χ0) is 9.42. The molecule has 1 heterocycles. The molecule has 0 spiro atoms. The Labute approximate surface area is 91.6 Å². The lowest BCUT2D eigenvalue weighted by Crippen LogP contribution is -2.10. The molecule has 13 heavy (non-hydrogen) atoms. The molecule has 0 saturated heterocycles. The topological polar surface area (TPSA) is 35.2 Å². The molecule has 0 bridgehead atoms. The SMILES string of the molecule is CCc1c(I)ccc2c1OC[C@H]2N. The molecule has 1 aromatic carbocycles. The lowest BCUT2D eigenvalue weighted by Gasteiger charge is -2.07. The Hall–Kier alpha value is -0.290. The number of hydrogen-bond donors (Lipinski definition) is 1. The van der Waals surface area contributed by atoms with Crippen LogP contribution in [0.1, 0.15) is 24.1 Å². The maximum atomic E-state index is 5.89. The molecule has 3 heteroatoms. The van der Waals surface area contributed by atoms with Gasteiger partial charge in [0.1, 0.15) is 12.4 Å². The highest BCUT2D eigenvalue weighted by atomic mass is 127. The summed E-state index contributed by atoms with van der Waals surface area (Å²) < 4.78 is 6.86. The Balaban J connectivity index is 2.57. The van der Waals surface area contributed by atoms with Gasteiger partial charge in [0.25, 0.3) is 0 Å². The molecular weight excluding hydrogens is 277 g/mol. The molecule has 0 fully saturated rings. The molecule has 70 valence electrons. The molecular formula is C10H12INO. The van der Waals surface area contributed by atoms with Crippen LogP contribution in [0.15, 0.2) is 12.1 Å². The van der Waals surface area contributed by atoms with Crippen molar-refractivity contribution in [1.82, 2.24) is 0 Å². The number of halogens is 1. The standard InChI is InChI=1S/C10H12INO/c1-2-6-8(11)4-3-7-9(12)5-13-10(6)7/h3-4,9H,2,5,12H2,1H3/t9-/m1/s1. The number of hydrogen-bond acceptors (Lipinski definition) is 2. The van der Waals surface area contributed by atoms with Crippen molar-refractivity contribution in [2.45, 2.75) is 19.4 Å². The van der Waals surface area contributed by atoms with Crippen LogP contribution in [0.5, 0.6) is 5.75 Å². The van der Waals surface area contributed by atoms with Crippen molar-refractivity contribution < 1.29 is 4.74 Å². The minimum atomic E-state index is 0.0669. The first-order valence-electron chi connectivity index (χ1n) is 4.43. The summed E-state index contributed by atoms with van der Waals surface area (Å²) in [5.74, 6) is 1.03. The van der Waals surface area contributed by atoms with E-state index in [9.17, 15) is 0 Å². The summed E-state index contributed by atoms with van der Waals surface area (Å²) in [6.07, 6.45) is 1.01. The van der Waals surface area contributed by atoms with Gasteiger partial charge in [-0.25, -0.2) is 0 Å². The maximum absolute atomic E-state index is 5.89. The summed E-state index contributed by atoms with van der Waals surface area (Å²) in [6.45, 7) is 2.77. The third-order valence-electron chi connectivity index (χ3n) is 2.39. The fourth-order valence-corrected chi connectivity index (χ4v) is 2.48. The lowest BCUT2D eigenvalue weighted by molar-refractivity contribution is 0.330. The Morgan fingerprint density at radius 2 is 2.38 bits per heavy atom. The second-order valence-electron chi connectivity index (χ2n) is 3.22. The zero-order valence-corrected chi connectivity index (χ0v) is 9.67. The van der Waals surface area contributed by atoms with Crippen molar-refractivity contribution in [1.29, 1.82) is 0 Å². The smallest absolute Gasteiger partial charge is 0.128 e. The van der Waals surface area contributed by atoms with Gasteiger partial charge in [-0.1, -0.05) is 13.0 Å². The van der Waals surface area contributed by atoms with Gasteiger partial charge in [0.05, 0.1) is 6.04 Å². The molecule has 2 N–H and O–H groups in total. The number of nitrogens with two attached hydrogens (primary N) is 1. The summed E-state index contributed by atoms with van der Waals surface area (Å²) in [5, 5.41) is 0. The summed E-state index contributed by atoms with van der Waals surface area (Å²) >= 11 is 2.34. The molecule has 0 aliphatic carbocycles. The minimum Gasteiger partial charge on any atom is -0.491 e. The van der Waals surface area contributed by atoms with Gasteiger partial charge in [0.15, 0.2) is 0 Å². The minimum absolute atomic E-state index is 0.0669. The molecule has 0 saturated carbocycles. The van der Waals surface area contributed by atoms with Gasteiger partial charge in [-0.3, -0.25) is 0 Å². The van der Waals surface area contributed by atoms with Crippen molar-refractivity contribution in [3.63, 3.8) is 0 Å². The van der Waals surface area contributed by atoms with Crippen LogP contribution in [0.4, 0.5) is 0 Å². The van der Waals surface area contributed by atoms with Crippen LogP contribution in [0.3, 0.4) is 0 Å². The van der Waals surface area contributed by atoms with E-state index in [1.165, 1.54) is 9.13 Å².